The molecule has 0 aromatic heterocycles. The molecule has 1 amide bonds. The van der Waals surface area contributed by atoms with E-state index in [0.717, 1.165) is 27.6 Å². The van der Waals surface area contributed by atoms with Crippen LogP contribution in [0.2, 0.25) is 0 Å². The molecule has 0 heterocycles. The van der Waals surface area contributed by atoms with Gasteiger partial charge in [-0.15, -0.1) is 0 Å². The molecule has 2 rings (SSSR count). The molecule has 0 saturated carbocycles. The second-order valence-electron chi connectivity index (χ2n) is 6.15. The van der Waals surface area contributed by atoms with E-state index in [1.54, 1.807) is 13.0 Å². The Labute approximate surface area is 161 Å². The van der Waals surface area contributed by atoms with Gasteiger partial charge in [0.15, 0.2) is 0 Å². The molecule has 138 valence electrons. The third-order valence-electron chi connectivity index (χ3n) is 4.27. The highest BCUT2D eigenvalue weighted by Crippen LogP contribution is 2.28. The molecule has 6 nitrogen and oxygen atoms in total. The fourth-order valence-corrected chi connectivity index (χ4v) is 2.92. The van der Waals surface area contributed by atoms with Crippen LogP contribution in [-0.4, -0.2) is 17.4 Å². The molecule has 0 aliphatic heterocycles. The summed E-state index contributed by atoms with van der Waals surface area (Å²) >= 11 is 3.41. The standard InChI is InChI=1S/C19H22BrN3O3/c1-4-16(14-5-7-15(20)8-6-14)21-11-19(24)22-17-9-12(2)13(3)10-18(17)23(25)26/h5-10,16,21H,4,11H2,1-3H3,(H,22,24)/t16-/m0/s1. The van der Waals surface area contributed by atoms with Crippen molar-refractivity contribution in [3.05, 3.63) is 67.7 Å². The summed E-state index contributed by atoms with van der Waals surface area (Å²) in [6.07, 6.45) is 0.818. The van der Waals surface area contributed by atoms with Crippen molar-refractivity contribution in [1.82, 2.24) is 5.32 Å². The maximum absolute atomic E-state index is 12.3. The van der Waals surface area contributed by atoms with E-state index in [1.165, 1.54) is 6.07 Å². The van der Waals surface area contributed by atoms with Crippen molar-refractivity contribution in [2.45, 2.75) is 33.2 Å². The van der Waals surface area contributed by atoms with E-state index in [2.05, 4.69) is 26.6 Å². The van der Waals surface area contributed by atoms with Gasteiger partial charge in [0, 0.05) is 16.6 Å². The van der Waals surface area contributed by atoms with Crippen LogP contribution in [0.15, 0.2) is 40.9 Å². The van der Waals surface area contributed by atoms with Crippen LogP contribution < -0.4 is 10.6 Å². The monoisotopic (exact) mass is 419 g/mol. The molecule has 0 aliphatic rings. The highest BCUT2D eigenvalue weighted by atomic mass is 79.9. The average Bonchev–Trinajstić information content (AvgIpc) is 2.59. The van der Waals surface area contributed by atoms with Crippen LogP contribution in [0.5, 0.6) is 0 Å². The Balaban J connectivity index is 2.05. The lowest BCUT2D eigenvalue weighted by atomic mass is 10.0. The minimum absolute atomic E-state index is 0.0311. The number of hydrogen-bond donors (Lipinski definition) is 2. The summed E-state index contributed by atoms with van der Waals surface area (Å²) in [6, 6.07) is 11.1. The van der Waals surface area contributed by atoms with Crippen LogP contribution in [-0.2, 0) is 4.79 Å². The second kappa shape index (κ2) is 8.91. The zero-order valence-electron chi connectivity index (χ0n) is 15.0. The smallest absolute Gasteiger partial charge is 0.293 e. The Morgan fingerprint density at radius 1 is 1.19 bits per heavy atom. The normalized spacial score (nSPS) is 11.8. The Bertz CT molecular complexity index is 806. The van der Waals surface area contributed by atoms with Crippen molar-refractivity contribution < 1.29 is 9.72 Å². The lowest BCUT2D eigenvalue weighted by Crippen LogP contribution is -2.31. The molecule has 0 saturated heterocycles. The van der Waals surface area contributed by atoms with Crippen molar-refractivity contribution in [2.75, 3.05) is 11.9 Å². The SMILES string of the molecule is CC[C@H](NCC(=O)Nc1cc(C)c(C)cc1[N+](=O)[O-])c1ccc(Br)cc1. The third-order valence-corrected chi connectivity index (χ3v) is 4.80. The van der Waals surface area contributed by atoms with Crippen LogP contribution in [0.1, 0.15) is 36.1 Å². The highest BCUT2D eigenvalue weighted by molar-refractivity contribution is 9.10. The van der Waals surface area contributed by atoms with Crippen molar-refractivity contribution in [3.63, 3.8) is 0 Å². The minimum atomic E-state index is -0.480. The molecular weight excluding hydrogens is 398 g/mol. The molecule has 2 aromatic carbocycles. The van der Waals surface area contributed by atoms with Gasteiger partial charge in [-0.2, -0.15) is 0 Å². The number of nitrogens with one attached hydrogen (secondary N) is 2. The first-order valence-electron chi connectivity index (χ1n) is 8.36. The van der Waals surface area contributed by atoms with Crippen LogP contribution in [0, 0.1) is 24.0 Å². The molecule has 1 atom stereocenters. The molecule has 0 aliphatic carbocycles. The highest BCUT2D eigenvalue weighted by Gasteiger charge is 2.18. The molecule has 2 N–H and O–H groups in total. The van der Waals surface area contributed by atoms with Crippen LogP contribution in [0.3, 0.4) is 0 Å². The van der Waals surface area contributed by atoms with E-state index in [0.29, 0.717) is 0 Å². The molecule has 0 spiro atoms. The summed E-state index contributed by atoms with van der Waals surface area (Å²) in [6.45, 7) is 5.76. The lowest BCUT2D eigenvalue weighted by molar-refractivity contribution is -0.384. The number of nitro benzene ring substituents is 1. The fraction of sp³-hybridized carbons (Fsp3) is 0.316. The minimum Gasteiger partial charge on any atom is -0.319 e. The van der Waals surface area contributed by atoms with Gasteiger partial charge < -0.3 is 10.6 Å². The number of nitrogens with zero attached hydrogens (tertiary/aromatic N) is 1. The predicted octanol–water partition coefficient (Wildman–Crippen LogP) is 4.65. The number of rotatable bonds is 7. The van der Waals surface area contributed by atoms with Crippen LogP contribution >= 0.6 is 15.9 Å². The zero-order chi connectivity index (χ0) is 19.3. The Kier molecular flexibility index (Phi) is 6.88. The molecule has 2 aromatic rings. The number of nitro groups is 1. The second-order valence-corrected chi connectivity index (χ2v) is 7.07. The Hall–Kier alpha value is -2.25. The summed E-state index contributed by atoms with van der Waals surface area (Å²) in [7, 11) is 0. The fourth-order valence-electron chi connectivity index (χ4n) is 2.66. The lowest BCUT2D eigenvalue weighted by Gasteiger charge is -2.17. The predicted molar refractivity (Wildman–Crippen MR) is 106 cm³/mol. The Morgan fingerprint density at radius 2 is 1.81 bits per heavy atom. The summed E-state index contributed by atoms with van der Waals surface area (Å²) in [5, 5.41) is 17.1. The van der Waals surface area contributed by atoms with E-state index in [1.807, 2.05) is 38.1 Å². The van der Waals surface area contributed by atoms with Gasteiger partial charge in [0.05, 0.1) is 11.5 Å². The van der Waals surface area contributed by atoms with Crippen LogP contribution in [0.4, 0.5) is 11.4 Å². The quantitative estimate of drug-likeness (QED) is 0.504. The van der Waals surface area contributed by atoms with Gasteiger partial charge in [0.25, 0.3) is 5.69 Å². The van der Waals surface area contributed by atoms with Crippen molar-refractivity contribution in [1.29, 1.82) is 0 Å². The van der Waals surface area contributed by atoms with Crippen molar-refractivity contribution in [2.24, 2.45) is 0 Å². The summed E-state index contributed by atoms with van der Waals surface area (Å²) in [4.78, 5) is 23.0. The molecule has 0 fully saturated rings. The maximum atomic E-state index is 12.3. The average molecular weight is 420 g/mol. The zero-order valence-corrected chi connectivity index (χ0v) is 16.6. The summed E-state index contributed by atoms with van der Waals surface area (Å²) in [5.74, 6) is -0.313. The summed E-state index contributed by atoms with van der Waals surface area (Å²) < 4.78 is 0.996. The third kappa shape index (κ3) is 5.12. The maximum Gasteiger partial charge on any atom is 0.293 e. The number of aryl methyl sites for hydroxylation is 2. The van der Waals surface area contributed by atoms with E-state index >= 15 is 0 Å². The van der Waals surface area contributed by atoms with E-state index in [9.17, 15) is 14.9 Å². The van der Waals surface area contributed by atoms with Gasteiger partial charge in [-0.05, 0) is 55.2 Å². The van der Waals surface area contributed by atoms with E-state index < -0.39 is 4.92 Å². The first-order chi connectivity index (χ1) is 12.3. The van der Waals surface area contributed by atoms with Crippen LogP contribution in [0.25, 0.3) is 0 Å². The number of carbonyl (C=O) groups excluding carboxylic acids is 1. The number of hydrogen-bond acceptors (Lipinski definition) is 4. The van der Waals surface area contributed by atoms with Crippen molar-refractivity contribution in [3.8, 4) is 0 Å². The van der Waals surface area contributed by atoms with Gasteiger partial charge in [-0.25, -0.2) is 0 Å². The summed E-state index contributed by atoms with van der Waals surface area (Å²) in [5.41, 5.74) is 2.91. The first-order valence-corrected chi connectivity index (χ1v) is 9.15. The number of carbonyl (C=O) groups is 1. The van der Waals surface area contributed by atoms with E-state index in [-0.39, 0.29) is 29.9 Å². The van der Waals surface area contributed by atoms with Gasteiger partial charge in [0.1, 0.15) is 5.69 Å². The molecule has 7 heteroatoms. The van der Waals surface area contributed by atoms with E-state index in [4.69, 9.17) is 0 Å². The number of benzene rings is 2. The van der Waals surface area contributed by atoms with Gasteiger partial charge >= 0.3 is 0 Å². The molecule has 0 unspecified atom stereocenters. The Morgan fingerprint density at radius 3 is 2.38 bits per heavy atom. The van der Waals surface area contributed by atoms with Crippen molar-refractivity contribution >= 4 is 33.2 Å². The molecule has 0 radical (unpaired) electrons. The van der Waals surface area contributed by atoms with Gasteiger partial charge in [-0.1, -0.05) is 35.0 Å². The number of halogens is 1. The number of anilines is 1. The molecule has 0 bridgehead atoms. The number of amides is 1. The van der Waals surface area contributed by atoms with Gasteiger partial charge in [-0.3, -0.25) is 14.9 Å². The largest absolute Gasteiger partial charge is 0.319 e. The first kappa shape index (κ1) is 20.1. The molecule has 26 heavy (non-hydrogen) atoms. The van der Waals surface area contributed by atoms with Gasteiger partial charge in [0.2, 0.25) is 5.91 Å². The molecular formula is C19H22BrN3O3. The topological polar surface area (TPSA) is 84.3 Å².